The number of likely N-dealkylation sites (N-methyl/N-ethyl adjacent to an activating group) is 1. The number of hydrogen-bond acceptors (Lipinski definition) is 4. The third-order valence-corrected chi connectivity index (χ3v) is 2.27. The van der Waals surface area contributed by atoms with Crippen LogP contribution < -0.4 is 4.90 Å². The van der Waals surface area contributed by atoms with Gasteiger partial charge in [0.15, 0.2) is 0 Å². The Labute approximate surface area is 89.8 Å². The highest BCUT2D eigenvalue weighted by molar-refractivity contribution is 5.61. The van der Waals surface area contributed by atoms with E-state index in [4.69, 9.17) is 10.4 Å². The molecule has 1 rings (SSSR count). The molecule has 1 aromatic heterocycles. The van der Waals surface area contributed by atoms with Gasteiger partial charge in [-0.2, -0.15) is 5.26 Å². The van der Waals surface area contributed by atoms with Gasteiger partial charge in [0.05, 0.1) is 23.6 Å². The third kappa shape index (κ3) is 2.45. The van der Waals surface area contributed by atoms with E-state index in [-0.39, 0.29) is 6.61 Å². The second-order valence-corrected chi connectivity index (χ2v) is 3.50. The number of nitriles is 1. The smallest absolute Gasteiger partial charge is 0.103 e. The molecule has 1 heterocycles. The molecule has 0 amide bonds. The predicted octanol–water partition coefficient (Wildman–Crippen LogP) is 0.999. The van der Waals surface area contributed by atoms with Gasteiger partial charge in [-0.1, -0.05) is 0 Å². The number of nitrogens with zero attached hydrogens (tertiary/aromatic N) is 3. The number of anilines is 1. The fourth-order valence-corrected chi connectivity index (χ4v) is 1.52. The van der Waals surface area contributed by atoms with Crippen LogP contribution in [0.4, 0.5) is 5.69 Å². The van der Waals surface area contributed by atoms with E-state index >= 15 is 0 Å². The first-order chi connectivity index (χ1) is 7.10. The lowest BCUT2D eigenvalue weighted by Gasteiger charge is -2.20. The van der Waals surface area contributed by atoms with Crippen LogP contribution in [0.5, 0.6) is 0 Å². The second kappa shape index (κ2) is 4.76. The van der Waals surface area contributed by atoms with E-state index in [0.717, 1.165) is 17.1 Å². The molecule has 0 aliphatic rings. The minimum atomic E-state index is 0.0712. The number of aromatic nitrogens is 1. The van der Waals surface area contributed by atoms with Crippen molar-refractivity contribution < 1.29 is 5.11 Å². The van der Waals surface area contributed by atoms with Crippen molar-refractivity contribution in [2.45, 2.75) is 13.8 Å². The highest BCUT2D eigenvalue weighted by Crippen LogP contribution is 2.21. The summed E-state index contributed by atoms with van der Waals surface area (Å²) in [5.74, 6) is 0. The van der Waals surface area contributed by atoms with Crippen molar-refractivity contribution in [3.05, 3.63) is 23.0 Å². The Morgan fingerprint density at radius 1 is 1.53 bits per heavy atom. The van der Waals surface area contributed by atoms with Crippen molar-refractivity contribution in [3.8, 4) is 6.07 Å². The zero-order chi connectivity index (χ0) is 11.4. The van der Waals surface area contributed by atoms with Crippen LogP contribution in [0, 0.1) is 25.2 Å². The summed E-state index contributed by atoms with van der Waals surface area (Å²) >= 11 is 0. The number of rotatable bonds is 3. The molecular formula is C11H15N3O. The molecule has 0 unspecified atom stereocenters. The lowest BCUT2D eigenvalue weighted by Crippen LogP contribution is -2.22. The number of aliphatic hydroxyl groups excluding tert-OH is 1. The Bertz CT molecular complexity index is 396. The maximum Gasteiger partial charge on any atom is 0.103 e. The number of pyridine rings is 1. The fourth-order valence-electron chi connectivity index (χ4n) is 1.52. The van der Waals surface area contributed by atoms with Crippen molar-refractivity contribution in [1.29, 1.82) is 5.26 Å². The standard InChI is InChI=1S/C11H15N3O/c1-8-6-11(14(3)4-5-15)10(7-12)9(2)13-8/h6,15H,4-5H2,1-3H3. The van der Waals surface area contributed by atoms with Crippen molar-refractivity contribution in [2.75, 3.05) is 25.1 Å². The minimum Gasteiger partial charge on any atom is -0.395 e. The van der Waals surface area contributed by atoms with Gasteiger partial charge in [-0.15, -0.1) is 0 Å². The van der Waals surface area contributed by atoms with Crippen LogP contribution in [-0.4, -0.2) is 30.3 Å². The first-order valence-corrected chi connectivity index (χ1v) is 4.80. The van der Waals surface area contributed by atoms with Crippen LogP contribution in [0.25, 0.3) is 0 Å². The Hall–Kier alpha value is -1.60. The molecule has 0 aliphatic carbocycles. The maximum absolute atomic E-state index is 9.03. The molecule has 0 bridgehead atoms. The van der Waals surface area contributed by atoms with E-state index < -0.39 is 0 Å². The highest BCUT2D eigenvalue weighted by Gasteiger charge is 2.11. The average Bonchev–Trinajstić information content (AvgIpc) is 2.17. The minimum absolute atomic E-state index is 0.0712. The molecule has 0 spiro atoms. The van der Waals surface area contributed by atoms with Gasteiger partial charge >= 0.3 is 0 Å². The van der Waals surface area contributed by atoms with Crippen LogP contribution in [0.3, 0.4) is 0 Å². The summed E-state index contributed by atoms with van der Waals surface area (Å²) in [6.45, 7) is 4.30. The van der Waals surface area contributed by atoms with Crippen LogP contribution >= 0.6 is 0 Å². The Morgan fingerprint density at radius 3 is 2.73 bits per heavy atom. The average molecular weight is 205 g/mol. The number of hydrogen-bond donors (Lipinski definition) is 1. The summed E-state index contributed by atoms with van der Waals surface area (Å²) in [4.78, 5) is 6.10. The zero-order valence-corrected chi connectivity index (χ0v) is 9.28. The molecule has 0 aromatic carbocycles. The largest absolute Gasteiger partial charge is 0.395 e. The quantitative estimate of drug-likeness (QED) is 0.799. The molecule has 80 valence electrons. The van der Waals surface area contributed by atoms with E-state index in [1.165, 1.54) is 0 Å². The molecule has 1 N–H and O–H groups in total. The van der Waals surface area contributed by atoms with Crippen LogP contribution in [-0.2, 0) is 0 Å². The van der Waals surface area contributed by atoms with Gasteiger partial charge in [-0.05, 0) is 19.9 Å². The summed E-state index contributed by atoms with van der Waals surface area (Å²) in [6.07, 6.45) is 0. The van der Waals surface area contributed by atoms with Crippen molar-refractivity contribution in [3.63, 3.8) is 0 Å². The molecule has 4 nitrogen and oxygen atoms in total. The molecule has 0 atom stereocenters. The van der Waals surface area contributed by atoms with E-state index in [0.29, 0.717) is 12.1 Å². The van der Waals surface area contributed by atoms with Crippen LogP contribution in [0.2, 0.25) is 0 Å². The Kier molecular flexibility index (Phi) is 3.64. The van der Waals surface area contributed by atoms with Crippen LogP contribution in [0.15, 0.2) is 6.07 Å². The van der Waals surface area contributed by atoms with E-state index in [2.05, 4.69) is 11.1 Å². The van der Waals surface area contributed by atoms with E-state index in [9.17, 15) is 0 Å². The monoisotopic (exact) mass is 205 g/mol. The second-order valence-electron chi connectivity index (χ2n) is 3.50. The SMILES string of the molecule is Cc1cc(N(C)CCO)c(C#N)c(C)n1. The van der Waals surface area contributed by atoms with Gasteiger partial charge in [0.1, 0.15) is 6.07 Å². The lowest BCUT2D eigenvalue weighted by atomic mass is 10.1. The fraction of sp³-hybridized carbons (Fsp3) is 0.455. The first kappa shape index (κ1) is 11.5. The highest BCUT2D eigenvalue weighted by atomic mass is 16.3. The molecule has 0 saturated carbocycles. The molecule has 4 heteroatoms. The van der Waals surface area contributed by atoms with Crippen molar-refractivity contribution in [2.24, 2.45) is 0 Å². The lowest BCUT2D eigenvalue weighted by molar-refractivity contribution is 0.304. The van der Waals surface area contributed by atoms with E-state index in [1.807, 2.05) is 31.9 Å². The van der Waals surface area contributed by atoms with Gasteiger partial charge in [0, 0.05) is 19.3 Å². The summed E-state index contributed by atoms with van der Waals surface area (Å²) in [5.41, 5.74) is 3.02. The molecular weight excluding hydrogens is 190 g/mol. The van der Waals surface area contributed by atoms with Gasteiger partial charge in [-0.3, -0.25) is 4.98 Å². The molecule has 0 aliphatic heterocycles. The van der Waals surface area contributed by atoms with E-state index in [1.54, 1.807) is 0 Å². The summed E-state index contributed by atoms with van der Waals surface area (Å²) < 4.78 is 0. The molecule has 0 fully saturated rings. The van der Waals surface area contributed by atoms with Crippen molar-refractivity contribution in [1.82, 2.24) is 4.98 Å². The predicted molar refractivity (Wildman–Crippen MR) is 58.8 cm³/mol. The molecule has 0 saturated heterocycles. The Morgan fingerprint density at radius 2 is 2.20 bits per heavy atom. The Balaban J connectivity index is 3.21. The summed E-state index contributed by atoms with van der Waals surface area (Å²) in [6, 6.07) is 4.01. The molecule has 0 radical (unpaired) electrons. The number of aliphatic hydroxyl groups is 1. The zero-order valence-electron chi connectivity index (χ0n) is 9.28. The topological polar surface area (TPSA) is 60.1 Å². The van der Waals surface area contributed by atoms with Gasteiger partial charge in [-0.25, -0.2) is 0 Å². The molecule has 15 heavy (non-hydrogen) atoms. The van der Waals surface area contributed by atoms with Crippen molar-refractivity contribution >= 4 is 5.69 Å². The van der Waals surface area contributed by atoms with Gasteiger partial charge in [0.25, 0.3) is 0 Å². The number of aryl methyl sites for hydroxylation is 2. The maximum atomic E-state index is 9.03. The summed E-state index contributed by atoms with van der Waals surface area (Å²) in [5, 5.41) is 17.9. The normalized spacial score (nSPS) is 9.80. The first-order valence-electron chi connectivity index (χ1n) is 4.80. The van der Waals surface area contributed by atoms with Gasteiger partial charge < -0.3 is 10.0 Å². The molecule has 1 aromatic rings. The summed E-state index contributed by atoms with van der Waals surface area (Å²) in [7, 11) is 1.85. The van der Waals surface area contributed by atoms with Gasteiger partial charge in [0.2, 0.25) is 0 Å². The third-order valence-electron chi connectivity index (χ3n) is 2.27. The van der Waals surface area contributed by atoms with Crippen LogP contribution in [0.1, 0.15) is 17.0 Å².